The molecule has 10 atom stereocenters. The summed E-state index contributed by atoms with van der Waals surface area (Å²) in [4.78, 5) is 34.8. The SMILES string of the molecule is C=C1CCC[C@]2(C)C=C3OC(=O)C(C)=C3C[C@@H]12.C=C1CCC[C@]2(C)C[C@@H]3OC(=O)C(C)=C3C[C@@H]12.C=C1CCC[C@]2(C)C[C@H]3OC(=O)C(C)=C3C[C@@H]12.C=C1CCC[C@]2(C)Cc3occ(C)c3C[C@@H]12. The molecule has 6 fully saturated rings. The number of rotatable bonds is 0. The van der Waals surface area contributed by atoms with Crippen LogP contribution in [-0.4, -0.2) is 30.1 Å². The Morgan fingerprint density at radius 1 is 0.552 bits per heavy atom. The second-order valence-corrected chi connectivity index (χ2v) is 24.0. The van der Waals surface area contributed by atoms with Crippen LogP contribution in [0.1, 0.15) is 175 Å². The molecule has 360 valence electrons. The fourth-order valence-electron chi connectivity index (χ4n) is 15.1. The van der Waals surface area contributed by atoms with Crippen molar-refractivity contribution in [2.75, 3.05) is 0 Å². The number of allylic oxidation sites excluding steroid dienone is 6. The van der Waals surface area contributed by atoms with Gasteiger partial charge in [0.2, 0.25) is 0 Å². The van der Waals surface area contributed by atoms with Gasteiger partial charge in [-0.2, -0.15) is 0 Å². The summed E-state index contributed by atoms with van der Waals surface area (Å²) < 4.78 is 22.0. The molecule has 11 aliphatic rings. The van der Waals surface area contributed by atoms with E-state index in [-0.39, 0.29) is 35.5 Å². The van der Waals surface area contributed by atoms with Crippen LogP contribution in [0.4, 0.5) is 0 Å². The molecule has 8 aliphatic carbocycles. The fraction of sp³-hybridized carbons (Fsp3) is 0.617. The van der Waals surface area contributed by atoms with Crippen LogP contribution < -0.4 is 0 Å². The highest BCUT2D eigenvalue weighted by Crippen LogP contribution is 2.58. The highest BCUT2D eigenvalue weighted by atomic mass is 16.6. The van der Waals surface area contributed by atoms with Crippen molar-refractivity contribution >= 4 is 17.9 Å². The van der Waals surface area contributed by atoms with Gasteiger partial charge in [-0.25, -0.2) is 14.4 Å². The predicted octanol–water partition coefficient (Wildman–Crippen LogP) is 14.3. The quantitative estimate of drug-likeness (QED) is 0.145. The normalized spacial score (nSPS) is 38.0. The van der Waals surface area contributed by atoms with Crippen molar-refractivity contribution in [2.24, 2.45) is 45.3 Å². The van der Waals surface area contributed by atoms with Gasteiger partial charge in [-0.05, 0) is 217 Å². The number of fused-ring (bicyclic) bond motifs is 8. The summed E-state index contributed by atoms with van der Waals surface area (Å²) in [5.41, 5.74) is 15.6. The van der Waals surface area contributed by atoms with E-state index in [4.69, 9.17) is 18.6 Å². The monoisotopic (exact) mass is 911 g/mol. The smallest absolute Gasteiger partial charge is 0.339 e. The van der Waals surface area contributed by atoms with E-state index in [0.29, 0.717) is 39.9 Å². The van der Waals surface area contributed by atoms with Crippen LogP contribution in [0.5, 0.6) is 0 Å². The maximum atomic E-state index is 11.6. The number of furan rings is 1. The molecule has 0 saturated heterocycles. The van der Waals surface area contributed by atoms with E-state index in [0.717, 1.165) is 92.3 Å². The molecule has 0 aromatic carbocycles. The van der Waals surface area contributed by atoms with Gasteiger partial charge in [0, 0.05) is 28.7 Å². The standard InChI is InChI=1S/2C15H20O2.C15H18O2.C15H20O/c3*1-9-5-4-6-15(3)8-13-11(7-12(9)15)10(2)14(16)17-13;1-10-5-4-6-15(3)8-14-12(7-13(10)15)11(2)9-16-14/h2*12-13H,1,4-8H2,2-3H3;8,12H,1,4-7H2,2-3H3;9,13H,1,4-8H2,2-3H3/t12-,13+,15+;12-,13-,15+;12-,15+;13-,15+/m0000/s1. The Morgan fingerprint density at radius 2 is 1.01 bits per heavy atom. The van der Waals surface area contributed by atoms with Crippen LogP contribution in [0, 0.1) is 52.3 Å². The van der Waals surface area contributed by atoms with E-state index in [1.165, 1.54) is 108 Å². The summed E-state index contributed by atoms with van der Waals surface area (Å²) >= 11 is 0. The average Bonchev–Trinajstić information content (AvgIpc) is 3.94. The van der Waals surface area contributed by atoms with E-state index in [2.05, 4.69) is 67.0 Å². The van der Waals surface area contributed by atoms with Crippen molar-refractivity contribution in [3.8, 4) is 0 Å². The van der Waals surface area contributed by atoms with Crippen molar-refractivity contribution in [1.29, 1.82) is 0 Å². The third-order valence-electron chi connectivity index (χ3n) is 19.5. The maximum absolute atomic E-state index is 11.6. The Morgan fingerprint density at radius 3 is 1.54 bits per heavy atom. The van der Waals surface area contributed by atoms with Crippen LogP contribution in [0.3, 0.4) is 0 Å². The van der Waals surface area contributed by atoms with E-state index in [1.807, 2.05) is 27.0 Å². The first-order chi connectivity index (χ1) is 31.6. The molecule has 7 nitrogen and oxygen atoms in total. The molecular formula is C60H78O7. The van der Waals surface area contributed by atoms with Gasteiger partial charge in [-0.15, -0.1) is 0 Å². The minimum absolute atomic E-state index is 0.0645. The summed E-state index contributed by atoms with van der Waals surface area (Å²) in [6.07, 6.45) is 26.1. The van der Waals surface area contributed by atoms with E-state index >= 15 is 0 Å². The predicted molar refractivity (Wildman–Crippen MR) is 264 cm³/mol. The molecule has 1 aromatic rings. The van der Waals surface area contributed by atoms with Crippen molar-refractivity contribution in [3.63, 3.8) is 0 Å². The molecule has 0 bridgehead atoms. The number of carbonyl (C=O) groups excluding carboxylic acids is 3. The average molecular weight is 911 g/mol. The molecule has 6 saturated carbocycles. The largest absolute Gasteiger partial charge is 0.469 e. The van der Waals surface area contributed by atoms with Gasteiger partial charge in [0.15, 0.2) is 0 Å². The first-order valence-electron chi connectivity index (χ1n) is 25.9. The number of hydrogen-bond donors (Lipinski definition) is 0. The first kappa shape index (κ1) is 47.7. The minimum Gasteiger partial charge on any atom is -0.469 e. The second kappa shape index (κ2) is 17.5. The summed E-state index contributed by atoms with van der Waals surface area (Å²) in [5, 5.41) is 0. The Kier molecular flexibility index (Phi) is 12.5. The molecule has 0 N–H and O–H groups in total. The second-order valence-electron chi connectivity index (χ2n) is 24.0. The van der Waals surface area contributed by atoms with Gasteiger partial charge < -0.3 is 18.6 Å². The molecule has 3 aliphatic heterocycles. The molecule has 0 spiro atoms. The third kappa shape index (κ3) is 8.49. The summed E-state index contributed by atoms with van der Waals surface area (Å²) in [5.74, 6) is 3.99. The van der Waals surface area contributed by atoms with Crippen LogP contribution in [0.15, 0.2) is 105 Å². The van der Waals surface area contributed by atoms with E-state index in [1.54, 1.807) is 0 Å². The molecule has 7 heteroatoms. The molecule has 0 radical (unpaired) electrons. The van der Waals surface area contributed by atoms with Crippen LogP contribution >= 0.6 is 0 Å². The minimum atomic E-state index is -0.167. The molecule has 0 amide bonds. The lowest BCUT2D eigenvalue weighted by molar-refractivity contribution is -0.142. The van der Waals surface area contributed by atoms with Crippen molar-refractivity contribution < 1.29 is 33.0 Å². The van der Waals surface area contributed by atoms with Crippen molar-refractivity contribution in [2.45, 2.75) is 190 Å². The highest BCUT2D eigenvalue weighted by Gasteiger charge is 2.51. The Bertz CT molecular complexity index is 2380. The lowest BCUT2D eigenvalue weighted by Crippen LogP contribution is -2.41. The van der Waals surface area contributed by atoms with Gasteiger partial charge in [0.05, 0.1) is 6.26 Å². The van der Waals surface area contributed by atoms with Gasteiger partial charge in [-0.3, -0.25) is 0 Å². The maximum Gasteiger partial charge on any atom is 0.339 e. The zero-order chi connectivity index (χ0) is 48.0. The van der Waals surface area contributed by atoms with Gasteiger partial charge in [0.1, 0.15) is 23.7 Å². The summed E-state index contributed by atoms with van der Waals surface area (Å²) in [6.45, 7) is 34.3. The topological polar surface area (TPSA) is 92.0 Å². The number of carbonyl (C=O) groups is 3. The van der Waals surface area contributed by atoms with Gasteiger partial charge in [0.25, 0.3) is 0 Å². The Balaban J connectivity index is 0.000000112. The number of aryl methyl sites for hydroxylation is 1. The van der Waals surface area contributed by atoms with E-state index in [9.17, 15) is 14.4 Å². The van der Waals surface area contributed by atoms with E-state index < -0.39 is 0 Å². The van der Waals surface area contributed by atoms with Crippen LogP contribution in [-0.2, 0) is 41.4 Å². The highest BCUT2D eigenvalue weighted by molar-refractivity contribution is 5.94. The molecule has 0 unspecified atom stereocenters. The zero-order valence-corrected chi connectivity index (χ0v) is 42.2. The number of hydrogen-bond acceptors (Lipinski definition) is 7. The Hall–Kier alpha value is -4.39. The van der Waals surface area contributed by atoms with Crippen molar-refractivity contribution in [3.05, 3.63) is 117 Å². The number of ether oxygens (including phenoxy) is 3. The fourth-order valence-corrected chi connectivity index (χ4v) is 15.1. The van der Waals surface area contributed by atoms with Gasteiger partial charge >= 0.3 is 17.9 Å². The lowest BCUT2D eigenvalue weighted by Gasteiger charge is -2.48. The lowest BCUT2D eigenvalue weighted by atomic mass is 9.57. The van der Waals surface area contributed by atoms with Crippen LogP contribution in [0.2, 0.25) is 0 Å². The summed E-state index contributed by atoms with van der Waals surface area (Å²) in [7, 11) is 0. The Labute approximate surface area is 401 Å². The molecule has 67 heavy (non-hydrogen) atoms. The molecule has 4 heterocycles. The zero-order valence-electron chi connectivity index (χ0n) is 42.2. The number of esters is 3. The third-order valence-corrected chi connectivity index (χ3v) is 19.5. The van der Waals surface area contributed by atoms with Gasteiger partial charge in [-0.1, -0.05) is 76.3 Å². The molecule has 1 aromatic heterocycles. The van der Waals surface area contributed by atoms with Crippen LogP contribution in [0.25, 0.3) is 0 Å². The molecule has 12 rings (SSSR count). The first-order valence-corrected chi connectivity index (χ1v) is 25.9. The summed E-state index contributed by atoms with van der Waals surface area (Å²) in [6, 6.07) is 0. The molecular weight excluding hydrogens is 833 g/mol. The van der Waals surface area contributed by atoms with Crippen molar-refractivity contribution in [1.82, 2.24) is 0 Å².